The molecule has 0 radical (unpaired) electrons. The van der Waals surface area contributed by atoms with Crippen LogP contribution in [0.2, 0.25) is 0 Å². The van der Waals surface area contributed by atoms with E-state index in [1.54, 1.807) is 0 Å². The van der Waals surface area contributed by atoms with Crippen LogP contribution in [0.4, 0.5) is 0 Å². The van der Waals surface area contributed by atoms with Crippen molar-refractivity contribution >= 4 is 0 Å². The van der Waals surface area contributed by atoms with Gasteiger partial charge in [-0.25, -0.2) is 0 Å². The minimum absolute atomic E-state index is 0.713. The lowest BCUT2D eigenvalue weighted by molar-refractivity contribution is 0.309. The predicted octanol–water partition coefficient (Wildman–Crippen LogP) is 2.49. The van der Waals surface area contributed by atoms with Crippen LogP contribution in [0.15, 0.2) is 30.3 Å². The summed E-state index contributed by atoms with van der Waals surface area (Å²) >= 11 is 0. The lowest BCUT2D eigenvalue weighted by Crippen LogP contribution is -2.19. The third-order valence-electron chi connectivity index (χ3n) is 3.33. The van der Waals surface area contributed by atoms with Gasteiger partial charge in [0.05, 0.1) is 23.0 Å². The van der Waals surface area contributed by atoms with Crippen molar-refractivity contribution in [2.45, 2.75) is 26.4 Å². The van der Waals surface area contributed by atoms with Crippen molar-refractivity contribution in [3.8, 4) is 6.07 Å². The molecule has 0 aliphatic rings. The van der Waals surface area contributed by atoms with Crippen LogP contribution in [-0.4, -0.2) is 21.7 Å². The summed E-state index contributed by atoms with van der Waals surface area (Å²) in [5.74, 6) is 0. The van der Waals surface area contributed by atoms with Crippen LogP contribution in [0.5, 0.6) is 0 Å². The van der Waals surface area contributed by atoms with Crippen LogP contribution < -0.4 is 0 Å². The van der Waals surface area contributed by atoms with Crippen LogP contribution in [0.1, 0.15) is 29.4 Å². The highest BCUT2D eigenvalue weighted by atomic mass is 15.3. The van der Waals surface area contributed by atoms with Crippen molar-refractivity contribution in [1.82, 2.24) is 14.7 Å². The third kappa shape index (κ3) is 3.46. The molecule has 0 aliphatic heterocycles. The van der Waals surface area contributed by atoms with Gasteiger partial charge in [0, 0.05) is 20.1 Å². The molecule has 4 nitrogen and oxygen atoms in total. The number of hydrogen-bond acceptors (Lipinski definition) is 3. The highest BCUT2D eigenvalue weighted by Crippen LogP contribution is 2.11. The molecule has 0 atom stereocenters. The van der Waals surface area contributed by atoms with Gasteiger partial charge < -0.3 is 0 Å². The molecular weight excluding hydrogens is 248 g/mol. The predicted molar refractivity (Wildman–Crippen MR) is 78.9 cm³/mol. The van der Waals surface area contributed by atoms with E-state index in [0.29, 0.717) is 5.56 Å². The van der Waals surface area contributed by atoms with Crippen molar-refractivity contribution in [2.75, 3.05) is 7.05 Å². The average molecular weight is 268 g/mol. The highest BCUT2D eigenvalue weighted by molar-refractivity contribution is 5.32. The monoisotopic (exact) mass is 268 g/mol. The second-order valence-corrected chi connectivity index (χ2v) is 5.09. The smallest absolute Gasteiger partial charge is 0.0991 e. The standard InChI is InChI=1S/C16H20N4/c1-4-15-9-16(20(3)18-15)12-19(2)11-14-7-5-6-13(8-14)10-17/h5-9H,4,11-12H2,1-3H3. The third-order valence-corrected chi connectivity index (χ3v) is 3.33. The maximum atomic E-state index is 8.92. The van der Waals surface area contributed by atoms with Crippen molar-refractivity contribution < 1.29 is 0 Å². The number of aryl methyl sites for hydroxylation is 2. The van der Waals surface area contributed by atoms with Crippen LogP contribution in [0, 0.1) is 11.3 Å². The first kappa shape index (κ1) is 14.3. The summed E-state index contributed by atoms with van der Waals surface area (Å²) in [5, 5.41) is 13.4. The van der Waals surface area contributed by atoms with E-state index in [1.165, 1.54) is 5.69 Å². The van der Waals surface area contributed by atoms with E-state index in [-0.39, 0.29) is 0 Å². The summed E-state index contributed by atoms with van der Waals surface area (Å²) in [7, 11) is 4.07. The van der Waals surface area contributed by atoms with Crippen LogP contribution in [0.25, 0.3) is 0 Å². The van der Waals surface area contributed by atoms with Crippen molar-refractivity contribution in [3.05, 3.63) is 52.8 Å². The van der Waals surface area contributed by atoms with Gasteiger partial charge in [0.15, 0.2) is 0 Å². The summed E-state index contributed by atoms with van der Waals surface area (Å²) in [6, 6.07) is 12.1. The molecule has 0 spiro atoms. The van der Waals surface area contributed by atoms with Gasteiger partial charge in [-0.1, -0.05) is 19.1 Å². The quantitative estimate of drug-likeness (QED) is 0.837. The molecule has 0 aliphatic carbocycles. The molecule has 0 saturated heterocycles. The average Bonchev–Trinajstić information content (AvgIpc) is 2.79. The Bertz CT molecular complexity index is 622. The molecule has 0 bridgehead atoms. The van der Waals surface area contributed by atoms with Crippen molar-refractivity contribution in [3.63, 3.8) is 0 Å². The number of hydrogen-bond donors (Lipinski definition) is 0. The first-order valence-electron chi connectivity index (χ1n) is 6.81. The SMILES string of the molecule is CCc1cc(CN(C)Cc2cccc(C#N)c2)n(C)n1. The second kappa shape index (κ2) is 6.36. The molecule has 104 valence electrons. The largest absolute Gasteiger partial charge is 0.296 e. The number of benzene rings is 1. The zero-order valence-corrected chi connectivity index (χ0v) is 12.3. The number of aromatic nitrogens is 2. The van der Waals surface area contributed by atoms with E-state index in [1.807, 2.05) is 29.9 Å². The van der Waals surface area contributed by atoms with Crippen LogP contribution in [-0.2, 0) is 26.6 Å². The van der Waals surface area contributed by atoms with Gasteiger partial charge in [-0.3, -0.25) is 9.58 Å². The van der Waals surface area contributed by atoms with Crippen LogP contribution >= 0.6 is 0 Å². The van der Waals surface area contributed by atoms with Gasteiger partial charge in [-0.05, 0) is 37.2 Å². The van der Waals surface area contributed by atoms with Crippen molar-refractivity contribution in [1.29, 1.82) is 5.26 Å². The van der Waals surface area contributed by atoms with E-state index in [2.05, 4.69) is 42.2 Å². The molecule has 0 fully saturated rings. The molecule has 2 aromatic rings. The molecular formula is C16H20N4. The lowest BCUT2D eigenvalue weighted by Gasteiger charge is -2.16. The lowest BCUT2D eigenvalue weighted by atomic mass is 10.1. The normalized spacial score (nSPS) is 10.8. The summed E-state index contributed by atoms with van der Waals surface area (Å²) in [5.41, 5.74) is 4.21. The molecule has 0 unspecified atom stereocenters. The van der Waals surface area contributed by atoms with Gasteiger partial charge in [-0.15, -0.1) is 0 Å². The fourth-order valence-electron chi connectivity index (χ4n) is 2.28. The molecule has 0 amide bonds. The van der Waals surface area contributed by atoms with E-state index in [9.17, 15) is 0 Å². The Balaban J connectivity index is 2.03. The Hall–Kier alpha value is -2.12. The number of rotatable bonds is 5. The summed E-state index contributed by atoms with van der Waals surface area (Å²) in [6.45, 7) is 3.78. The van der Waals surface area contributed by atoms with Crippen LogP contribution in [0.3, 0.4) is 0 Å². The zero-order valence-electron chi connectivity index (χ0n) is 12.3. The molecule has 1 aromatic heterocycles. The van der Waals surface area contributed by atoms with Gasteiger partial charge in [0.1, 0.15) is 0 Å². The fourth-order valence-corrected chi connectivity index (χ4v) is 2.28. The minimum Gasteiger partial charge on any atom is -0.296 e. The van der Waals surface area contributed by atoms with Gasteiger partial charge >= 0.3 is 0 Å². The topological polar surface area (TPSA) is 44.9 Å². The molecule has 0 N–H and O–H groups in total. The van der Waals surface area contributed by atoms with Gasteiger partial charge in [0.25, 0.3) is 0 Å². The Morgan fingerprint density at radius 3 is 2.75 bits per heavy atom. The molecule has 4 heteroatoms. The first-order valence-corrected chi connectivity index (χ1v) is 6.81. The second-order valence-electron chi connectivity index (χ2n) is 5.09. The molecule has 1 heterocycles. The Morgan fingerprint density at radius 1 is 1.30 bits per heavy atom. The first-order chi connectivity index (χ1) is 9.62. The minimum atomic E-state index is 0.713. The summed E-state index contributed by atoms with van der Waals surface area (Å²) in [6.07, 6.45) is 0.960. The van der Waals surface area contributed by atoms with E-state index < -0.39 is 0 Å². The van der Waals surface area contributed by atoms with E-state index in [0.717, 1.165) is 30.8 Å². The number of nitrogens with zero attached hydrogens (tertiary/aromatic N) is 4. The maximum Gasteiger partial charge on any atom is 0.0991 e. The molecule has 0 saturated carbocycles. The molecule has 2 rings (SSSR count). The molecule has 20 heavy (non-hydrogen) atoms. The maximum absolute atomic E-state index is 8.92. The van der Waals surface area contributed by atoms with E-state index in [4.69, 9.17) is 5.26 Å². The Kier molecular flexibility index (Phi) is 4.54. The fraction of sp³-hybridized carbons (Fsp3) is 0.375. The summed E-state index contributed by atoms with van der Waals surface area (Å²) in [4.78, 5) is 2.23. The summed E-state index contributed by atoms with van der Waals surface area (Å²) < 4.78 is 1.95. The molecule has 1 aromatic carbocycles. The highest BCUT2D eigenvalue weighted by Gasteiger charge is 2.08. The zero-order chi connectivity index (χ0) is 14.5. The Labute approximate surface area is 120 Å². The van der Waals surface area contributed by atoms with E-state index >= 15 is 0 Å². The van der Waals surface area contributed by atoms with Gasteiger partial charge in [0.2, 0.25) is 0 Å². The Morgan fingerprint density at radius 2 is 2.10 bits per heavy atom. The number of nitriles is 1. The van der Waals surface area contributed by atoms with Gasteiger partial charge in [-0.2, -0.15) is 10.4 Å². The van der Waals surface area contributed by atoms with Crippen molar-refractivity contribution in [2.24, 2.45) is 7.05 Å².